The molecule has 1 aromatic heterocycles. The lowest BCUT2D eigenvalue weighted by atomic mass is 10.1. The summed E-state index contributed by atoms with van der Waals surface area (Å²) in [5.41, 5.74) is 0.458. The van der Waals surface area contributed by atoms with Gasteiger partial charge in [0.15, 0.2) is 0 Å². The van der Waals surface area contributed by atoms with Crippen molar-refractivity contribution in [3.8, 4) is 11.6 Å². The highest BCUT2D eigenvalue weighted by molar-refractivity contribution is 5.91. The summed E-state index contributed by atoms with van der Waals surface area (Å²) in [6.45, 7) is 1.78. The molecule has 0 spiro atoms. The van der Waals surface area contributed by atoms with Gasteiger partial charge in [-0.3, -0.25) is 4.79 Å². The molecule has 0 atom stereocenters. The molecule has 1 aromatic carbocycles. The molecular formula is C12H10N2O4. The molecule has 6 nitrogen and oxygen atoms in total. The van der Waals surface area contributed by atoms with Gasteiger partial charge in [-0.25, -0.2) is 9.78 Å². The number of ether oxygens (including phenoxy) is 1. The molecule has 0 radical (unpaired) electrons. The molecular weight excluding hydrogens is 236 g/mol. The number of aromatic amines is 1. The number of nitrogens with zero attached hydrogens (tertiary/aromatic N) is 1. The van der Waals surface area contributed by atoms with Crippen molar-refractivity contribution in [2.45, 2.75) is 6.92 Å². The predicted octanol–water partition coefficient (Wildman–Crippen LogP) is 1.57. The summed E-state index contributed by atoms with van der Waals surface area (Å²) >= 11 is 0. The Kier molecular flexibility index (Phi) is 3.09. The minimum atomic E-state index is -1.10. The number of nitrogens with one attached hydrogen (secondary N) is 1. The smallest absolute Gasteiger partial charge is 0.339 e. The number of aromatic carboxylic acids is 1. The first-order chi connectivity index (χ1) is 8.56. The highest BCUT2D eigenvalue weighted by Crippen LogP contribution is 2.24. The van der Waals surface area contributed by atoms with E-state index in [1.165, 1.54) is 18.5 Å². The van der Waals surface area contributed by atoms with E-state index in [0.717, 1.165) is 11.6 Å². The Hall–Kier alpha value is -2.63. The molecule has 2 N–H and O–H groups in total. The fourth-order valence-corrected chi connectivity index (χ4v) is 1.42. The first-order valence-electron chi connectivity index (χ1n) is 5.13. The molecule has 0 saturated carbocycles. The van der Waals surface area contributed by atoms with E-state index < -0.39 is 5.97 Å². The van der Waals surface area contributed by atoms with Crippen LogP contribution >= 0.6 is 0 Å². The fourth-order valence-electron chi connectivity index (χ4n) is 1.42. The first kappa shape index (κ1) is 11.8. The fraction of sp³-hybridized carbons (Fsp3) is 0.0833. The molecule has 0 saturated heterocycles. The number of carbonyl (C=O) groups is 1. The Labute approximate surface area is 102 Å². The van der Waals surface area contributed by atoms with Crippen LogP contribution in [0, 0.1) is 6.92 Å². The van der Waals surface area contributed by atoms with Gasteiger partial charge in [-0.2, -0.15) is 0 Å². The van der Waals surface area contributed by atoms with Crippen molar-refractivity contribution in [3.05, 3.63) is 52.1 Å². The van der Waals surface area contributed by atoms with Crippen molar-refractivity contribution < 1.29 is 14.6 Å². The van der Waals surface area contributed by atoms with Gasteiger partial charge in [0, 0.05) is 0 Å². The summed E-state index contributed by atoms with van der Waals surface area (Å²) in [7, 11) is 0. The van der Waals surface area contributed by atoms with Crippen LogP contribution < -0.4 is 10.3 Å². The molecule has 2 aromatic rings. The van der Waals surface area contributed by atoms with E-state index in [0.29, 0.717) is 0 Å². The minimum absolute atomic E-state index is 0.0251. The standard InChI is InChI=1S/C12H10N2O4/c1-7-2-3-9(8(4-7)12(16)17)18-11-5-10(15)13-6-14-11/h2-6H,1H3,(H,16,17)(H,13,14,15). The molecule has 1 heterocycles. The minimum Gasteiger partial charge on any atom is -0.478 e. The summed E-state index contributed by atoms with van der Waals surface area (Å²) in [6.07, 6.45) is 1.19. The normalized spacial score (nSPS) is 10.1. The van der Waals surface area contributed by atoms with E-state index in [1.54, 1.807) is 13.0 Å². The Morgan fingerprint density at radius 3 is 2.83 bits per heavy atom. The lowest BCUT2D eigenvalue weighted by Crippen LogP contribution is -2.06. The quantitative estimate of drug-likeness (QED) is 0.857. The molecule has 6 heteroatoms. The highest BCUT2D eigenvalue weighted by atomic mass is 16.5. The zero-order valence-electron chi connectivity index (χ0n) is 9.51. The van der Waals surface area contributed by atoms with Gasteiger partial charge in [-0.05, 0) is 19.1 Å². The maximum atomic E-state index is 11.1. The Morgan fingerprint density at radius 1 is 1.39 bits per heavy atom. The lowest BCUT2D eigenvalue weighted by Gasteiger charge is -2.07. The van der Waals surface area contributed by atoms with Gasteiger partial charge < -0.3 is 14.8 Å². The van der Waals surface area contributed by atoms with E-state index in [4.69, 9.17) is 9.84 Å². The molecule has 0 fully saturated rings. The van der Waals surface area contributed by atoms with Crippen molar-refractivity contribution in [3.63, 3.8) is 0 Å². The van der Waals surface area contributed by atoms with Crippen LogP contribution in [0.3, 0.4) is 0 Å². The number of hydrogen-bond donors (Lipinski definition) is 2. The molecule has 92 valence electrons. The van der Waals surface area contributed by atoms with Crippen LogP contribution in [0.25, 0.3) is 0 Å². The van der Waals surface area contributed by atoms with Crippen LogP contribution in [0.4, 0.5) is 0 Å². The van der Waals surface area contributed by atoms with E-state index in [2.05, 4.69) is 9.97 Å². The van der Waals surface area contributed by atoms with Crippen LogP contribution in [-0.4, -0.2) is 21.0 Å². The van der Waals surface area contributed by atoms with Crippen molar-refractivity contribution in [1.29, 1.82) is 0 Å². The topological polar surface area (TPSA) is 92.3 Å². The van der Waals surface area contributed by atoms with E-state index >= 15 is 0 Å². The molecule has 0 amide bonds. The van der Waals surface area contributed by atoms with Crippen molar-refractivity contribution in [2.75, 3.05) is 0 Å². The monoisotopic (exact) mass is 246 g/mol. The summed E-state index contributed by atoms with van der Waals surface area (Å²) in [4.78, 5) is 28.3. The summed E-state index contributed by atoms with van der Waals surface area (Å²) in [5, 5.41) is 9.05. The highest BCUT2D eigenvalue weighted by Gasteiger charge is 2.12. The second-order valence-corrected chi connectivity index (χ2v) is 3.66. The lowest BCUT2D eigenvalue weighted by molar-refractivity contribution is 0.0694. The first-order valence-corrected chi connectivity index (χ1v) is 5.13. The van der Waals surface area contributed by atoms with Gasteiger partial charge in [0.05, 0.1) is 12.4 Å². The van der Waals surface area contributed by atoms with Crippen LogP contribution in [0.5, 0.6) is 11.6 Å². The molecule has 18 heavy (non-hydrogen) atoms. The van der Waals surface area contributed by atoms with Crippen molar-refractivity contribution in [2.24, 2.45) is 0 Å². The van der Waals surface area contributed by atoms with Crippen LogP contribution in [0.2, 0.25) is 0 Å². The molecule has 0 unspecified atom stereocenters. The summed E-state index contributed by atoms with van der Waals surface area (Å²) in [5.74, 6) is -0.908. The predicted molar refractivity (Wildman–Crippen MR) is 63.1 cm³/mol. The Morgan fingerprint density at radius 2 is 2.17 bits per heavy atom. The zero-order valence-corrected chi connectivity index (χ0v) is 9.51. The number of aryl methyl sites for hydroxylation is 1. The summed E-state index contributed by atoms with van der Waals surface area (Å²) in [6, 6.07) is 5.88. The van der Waals surface area contributed by atoms with Crippen molar-refractivity contribution >= 4 is 5.97 Å². The third-order valence-corrected chi connectivity index (χ3v) is 2.23. The number of benzene rings is 1. The van der Waals surface area contributed by atoms with Gasteiger partial charge in [0.2, 0.25) is 5.88 Å². The van der Waals surface area contributed by atoms with Crippen LogP contribution in [0.15, 0.2) is 35.4 Å². The van der Waals surface area contributed by atoms with Crippen molar-refractivity contribution in [1.82, 2.24) is 9.97 Å². The number of hydrogen-bond acceptors (Lipinski definition) is 4. The van der Waals surface area contributed by atoms with E-state index in [-0.39, 0.29) is 22.8 Å². The summed E-state index contributed by atoms with van der Waals surface area (Å²) < 4.78 is 5.29. The number of carboxylic acids is 1. The molecule has 2 rings (SSSR count). The Balaban J connectivity index is 2.40. The second kappa shape index (κ2) is 4.70. The third-order valence-electron chi connectivity index (χ3n) is 2.23. The van der Waals surface area contributed by atoms with Gasteiger partial charge in [0.1, 0.15) is 11.3 Å². The zero-order chi connectivity index (χ0) is 13.1. The van der Waals surface area contributed by atoms with E-state index in [9.17, 15) is 9.59 Å². The maximum absolute atomic E-state index is 11.1. The van der Waals surface area contributed by atoms with Gasteiger partial charge in [0.25, 0.3) is 5.56 Å². The largest absolute Gasteiger partial charge is 0.478 e. The average Bonchev–Trinajstić information content (AvgIpc) is 2.31. The maximum Gasteiger partial charge on any atom is 0.339 e. The number of rotatable bonds is 3. The Bertz CT molecular complexity index is 649. The van der Waals surface area contributed by atoms with Gasteiger partial charge in [-0.1, -0.05) is 11.6 Å². The number of aromatic nitrogens is 2. The van der Waals surface area contributed by atoms with Crippen LogP contribution in [0.1, 0.15) is 15.9 Å². The molecule has 0 aliphatic heterocycles. The molecule has 0 bridgehead atoms. The second-order valence-electron chi connectivity index (χ2n) is 3.66. The molecule has 0 aliphatic rings. The van der Waals surface area contributed by atoms with Gasteiger partial charge in [-0.15, -0.1) is 0 Å². The number of H-pyrrole nitrogens is 1. The third kappa shape index (κ3) is 2.54. The number of carboxylic acid groups (broad SMARTS) is 1. The molecule has 0 aliphatic carbocycles. The van der Waals surface area contributed by atoms with E-state index in [1.807, 2.05) is 0 Å². The SMILES string of the molecule is Cc1ccc(Oc2cc(=O)[nH]cn2)c(C(=O)O)c1. The van der Waals surface area contributed by atoms with Gasteiger partial charge >= 0.3 is 5.97 Å². The average molecular weight is 246 g/mol. The van der Waals surface area contributed by atoms with Crippen LogP contribution in [-0.2, 0) is 0 Å².